The fourth-order valence-corrected chi connectivity index (χ4v) is 4.35. The summed E-state index contributed by atoms with van der Waals surface area (Å²) in [4.78, 5) is 9.52. The second kappa shape index (κ2) is 11.9. The van der Waals surface area contributed by atoms with Crippen LogP contribution in [0, 0.1) is 0 Å². The third-order valence-corrected chi connectivity index (χ3v) is 6.48. The third kappa shape index (κ3) is 6.02. The molecule has 0 amide bonds. The van der Waals surface area contributed by atoms with Gasteiger partial charge in [0.25, 0.3) is 0 Å². The van der Waals surface area contributed by atoms with Crippen molar-refractivity contribution >= 4 is 11.2 Å². The van der Waals surface area contributed by atoms with Crippen LogP contribution in [0.3, 0.4) is 0 Å². The monoisotopic (exact) mass is 508 g/mol. The lowest BCUT2D eigenvalue weighted by molar-refractivity contribution is 0.106. The number of aliphatic hydroxyl groups is 1. The van der Waals surface area contributed by atoms with E-state index in [9.17, 15) is 10.2 Å². The summed E-state index contributed by atoms with van der Waals surface area (Å²) in [5.74, 6) is 1.67. The SMILES string of the molecule is CCc1ccc(-c2nc3cccnc3n2-c2ccc(CCNC[C@@H](O)COc3ccc(O)cc3)cc2)cc1. The summed E-state index contributed by atoms with van der Waals surface area (Å²) in [6.07, 6.45) is 3.01. The second-order valence-corrected chi connectivity index (χ2v) is 9.25. The van der Waals surface area contributed by atoms with E-state index in [4.69, 9.17) is 9.72 Å². The number of nitrogens with one attached hydrogen (secondary N) is 1. The number of benzene rings is 3. The first-order valence-electron chi connectivity index (χ1n) is 12.9. The topological polar surface area (TPSA) is 92.4 Å². The Bertz CT molecular complexity index is 1460. The molecule has 0 spiro atoms. The number of phenols is 1. The number of aromatic nitrogens is 3. The highest BCUT2D eigenvalue weighted by molar-refractivity contribution is 5.80. The first-order chi connectivity index (χ1) is 18.6. The molecule has 0 saturated carbocycles. The molecule has 0 fully saturated rings. The van der Waals surface area contributed by atoms with E-state index in [0.29, 0.717) is 12.3 Å². The number of hydrogen-bond donors (Lipinski definition) is 3. The molecule has 194 valence electrons. The van der Waals surface area contributed by atoms with Crippen LogP contribution in [0.4, 0.5) is 0 Å². The largest absolute Gasteiger partial charge is 0.508 e. The normalized spacial score (nSPS) is 12.1. The highest BCUT2D eigenvalue weighted by Gasteiger charge is 2.15. The van der Waals surface area contributed by atoms with Crippen molar-refractivity contribution in [3.8, 4) is 28.6 Å². The van der Waals surface area contributed by atoms with Crippen LogP contribution in [0.5, 0.6) is 11.5 Å². The van der Waals surface area contributed by atoms with Gasteiger partial charge in [-0.1, -0.05) is 43.3 Å². The van der Waals surface area contributed by atoms with Crippen molar-refractivity contribution in [2.45, 2.75) is 25.9 Å². The maximum atomic E-state index is 10.2. The van der Waals surface area contributed by atoms with Crippen LogP contribution in [0.1, 0.15) is 18.1 Å². The Morgan fingerprint density at radius 2 is 1.66 bits per heavy atom. The average Bonchev–Trinajstić information content (AvgIpc) is 3.35. The second-order valence-electron chi connectivity index (χ2n) is 9.25. The highest BCUT2D eigenvalue weighted by Crippen LogP contribution is 2.28. The van der Waals surface area contributed by atoms with E-state index in [0.717, 1.165) is 47.6 Å². The van der Waals surface area contributed by atoms with E-state index in [-0.39, 0.29) is 12.4 Å². The molecule has 5 rings (SSSR count). The number of aryl methyl sites for hydroxylation is 1. The number of hydrogen-bond acceptors (Lipinski definition) is 6. The smallest absolute Gasteiger partial charge is 0.164 e. The number of aliphatic hydroxyl groups excluding tert-OH is 1. The first kappa shape index (κ1) is 25.4. The number of pyridine rings is 1. The molecule has 3 N–H and O–H groups in total. The summed E-state index contributed by atoms with van der Waals surface area (Å²) in [5, 5.41) is 22.8. The maximum Gasteiger partial charge on any atom is 0.164 e. The fraction of sp³-hybridized carbons (Fsp3) is 0.226. The van der Waals surface area contributed by atoms with E-state index >= 15 is 0 Å². The number of ether oxygens (including phenoxy) is 1. The minimum Gasteiger partial charge on any atom is -0.508 e. The Kier molecular flexibility index (Phi) is 7.97. The van der Waals surface area contributed by atoms with Gasteiger partial charge in [-0.3, -0.25) is 4.57 Å². The zero-order valence-electron chi connectivity index (χ0n) is 21.4. The van der Waals surface area contributed by atoms with Crippen LogP contribution in [0.2, 0.25) is 0 Å². The van der Waals surface area contributed by atoms with Crippen LogP contribution >= 0.6 is 0 Å². The van der Waals surface area contributed by atoms with Crippen molar-refractivity contribution in [2.24, 2.45) is 0 Å². The van der Waals surface area contributed by atoms with Crippen LogP contribution in [-0.2, 0) is 12.8 Å². The van der Waals surface area contributed by atoms with Gasteiger partial charge in [0, 0.05) is 24.0 Å². The molecular formula is C31H32N4O3. The van der Waals surface area contributed by atoms with E-state index < -0.39 is 6.10 Å². The molecule has 2 heterocycles. The molecule has 38 heavy (non-hydrogen) atoms. The summed E-state index contributed by atoms with van der Waals surface area (Å²) in [7, 11) is 0. The van der Waals surface area contributed by atoms with Crippen molar-refractivity contribution in [1.29, 1.82) is 0 Å². The number of fused-ring (bicyclic) bond motifs is 1. The summed E-state index contributed by atoms with van der Waals surface area (Å²) in [6, 6.07) is 27.4. The Morgan fingerprint density at radius 3 is 2.39 bits per heavy atom. The number of rotatable bonds is 11. The van der Waals surface area contributed by atoms with Crippen LogP contribution < -0.4 is 10.1 Å². The zero-order chi connectivity index (χ0) is 26.3. The maximum absolute atomic E-state index is 10.2. The van der Waals surface area contributed by atoms with Gasteiger partial charge in [-0.25, -0.2) is 9.97 Å². The Balaban J connectivity index is 1.21. The van der Waals surface area contributed by atoms with Gasteiger partial charge in [-0.15, -0.1) is 0 Å². The molecular weight excluding hydrogens is 476 g/mol. The zero-order valence-corrected chi connectivity index (χ0v) is 21.4. The molecule has 7 heteroatoms. The molecule has 1 atom stereocenters. The minimum absolute atomic E-state index is 0.183. The summed E-state index contributed by atoms with van der Waals surface area (Å²) < 4.78 is 7.67. The Hall–Kier alpha value is -4.20. The van der Waals surface area contributed by atoms with Crippen molar-refractivity contribution < 1.29 is 14.9 Å². The van der Waals surface area contributed by atoms with Crippen molar-refractivity contribution in [3.63, 3.8) is 0 Å². The molecule has 0 radical (unpaired) electrons. The van der Waals surface area contributed by atoms with Gasteiger partial charge in [0.15, 0.2) is 5.65 Å². The summed E-state index contributed by atoms with van der Waals surface area (Å²) in [5.41, 5.74) is 6.26. The van der Waals surface area contributed by atoms with Gasteiger partial charge in [-0.05, 0) is 79.0 Å². The van der Waals surface area contributed by atoms with Gasteiger partial charge < -0.3 is 20.3 Å². The van der Waals surface area contributed by atoms with E-state index in [2.05, 4.69) is 70.3 Å². The third-order valence-electron chi connectivity index (χ3n) is 6.48. The molecule has 0 unspecified atom stereocenters. The van der Waals surface area contributed by atoms with E-state index in [1.807, 2.05) is 12.1 Å². The van der Waals surface area contributed by atoms with E-state index in [1.165, 1.54) is 11.1 Å². The summed E-state index contributed by atoms with van der Waals surface area (Å²) >= 11 is 0. The number of nitrogens with zero attached hydrogens (tertiary/aromatic N) is 3. The van der Waals surface area contributed by atoms with E-state index in [1.54, 1.807) is 30.5 Å². The molecule has 0 aliphatic carbocycles. The lowest BCUT2D eigenvalue weighted by atomic mass is 10.1. The molecule has 7 nitrogen and oxygen atoms in total. The first-order valence-corrected chi connectivity index (χ1v) is 12.9. The highest BCUT2D eigenvalue weighted by atomic mass is 16.5. The van der Waals surface area contributed by atoms with Crippen LogP contribution in [0.15, 0.2) is 91.1 Å². The van der Waals surface area contributed by atoms with Gasteiger partial charge in [0.2, 0.25) is 0 Å². The van der Waals surface area contributed by atoms with Gasteiger partial charge >= 0.3 is 0 Å². The quantitative estimate of drug-likeness (QED) is 0.219. The van der Waals surface area contributed by atoms with Gasteiger partial charge in [0.05, 0.1) is 0 Å². The molecule has 0 saturated heterocycles. The van der Waals surface area contributed by atoms with Crippen molar-refractivity contribution in [2.75, 3.05) is 19.7 Å². The molecule has 0 aliphatic heterocycles. The number of aromatic hydroxyl groups is 1. The lowest BCUT2D eigenvalue weighted by Gasteiger charge is -2.14. The van der Waals surface area contributed by atoms with Crippen LogP contribution in [-0.4, -0.2) is 50.5 Å². The fourth-order valence-electron chi connectivity index (χ4n) is 4.35. The molecule has 2 aromatic heterocycles. The molecule has 3 aromatic carbocycles. The predicted molar refractivity (Wildman–Crippen MR) is 150 cm³/mol. The number of phenolic OH excluding ortho intramolecular Hbond substituents is 1. The molecule has 0 bridgehead atoms. The van der Waals surface area contributed by atoms with Crippen molar-refractivity contribution in [1.82, 2.24) is 19.9 Å². The summed E-state index contributed by atoms with van der Waals surface area (Å²) in [6.45, 7) is 3.51. The number of imidazole rings is 1. The molecule has 0 aliphatic rings. The molecule has 5 aromatic rings. The Morgan fingerprint density at radius 1 is 0.921 bits per heavy atom. The van der Waals surface area contributed by atoms with Crippen LogP contribution in [0.25, 0.3) is 28.2 Å². The van der Waals surface area contributed by atoms with Crippen molar-refractivity contribution in [3.05, 3.63) is 102 Å². The van der Waals surface area contributed by atoms with Gasteiger partial charge in [0.1, 0.15) is 35.6 Å². The van der Waals surface area contributed by atoms with Gasteiger partial charge in [-0.2, -0.15) is 0 Å². The Labute approximate surface area is 222 Å². The predicted octanol–water partition coefficient (Wildman–Crippen LogP) is 4.93. The average molecular weight is 509 g/mol. The lowest BCUT2D eigenvalue weighted by Crippen LogP contribution is -2.32. The standard InChI is InChI=1S/C31H32N4O3/c1-2-22-5-9-24(10-6-22)30-34-29-4-3-18-33-31(29)35(30)25-11-7-23(8-12-25)17-19-32-20-27(37)21-38-28-15-13-26(36)14-16-28/h3-16,18,27,32,36-37H,2,17,19-21H2,1H3/t27-/m1/s1. The minimum atomic E-state index is -0.627.